The molecule has 2 rings (SSSR count). The molecule has 1 fully saturated rings. The molecule has 0 aromatic heterocycles. The molecule has 5 nitrogen and oxygen atoms in total. The zero-order chi connectivity index (χ0) is 17.2. The molecule has 1 saturated heterocycles. The summed E-state index contributed by atoms with van der Waals surface area (Å²) in [5, 5.41) is 4.71. The first-order valence-electron chi connectivity index (χ1n) is 6.90. The van der Waals surface area contributed by atoms with Crippen LogP contribution in [0.15, 0.2) is 18.2 Å². The molecule has 0 bridgehead atoms. The van der Waals surface area contributed by atoms with E-state index in [1.54, 1.807) is 0 Å². The number of carbonyl (C=O) groups is 2. The molecule has 1 aromatic rings. The van der Waals surface area contributed by atoms with Crippen molar-refractivity contribution in [1.82, 2.24) is 10.2 Å². The Kier molecular flexibility index (Phi) is 5.03. The van der Waals surface area contributed by atoms with E-state index in [0.717, 1.165) is 18.2 Å². The lowest BCUT2D eigenvalue weighted by atomic mass is 10.2. The third-order valence-corrected chi connectivity index (χ3v) is 3.91. The predicted octanol–water partition coefficient (Wildman–Crippen LogP) is 3.10. The number of halogens is 4. The fourth-order valence-corrected chi connectivity index (χ4v) is 2.66. The van der Waals surface area contributed by atoms with E-state index in [0.29, 0.717) is 19.4 Å². The molecule has 0 spiro atoms. The van der Waals surface area contributed by atoms with E-state index >= 15 is 0 Å². The van der Waals surface area contributed by atoms with Crippen LogP contribution in [0.4, 0.5) is 23.7 Å². The number of urea groups is 1. The van der Waals surface area contributed by atoms with Gasteiger partial charge in [0.05, 0.1) is 16.3 Å². The van der Waals surface area contributed by atoms with Gasteiger partial charge in [-0.1, -0.05) is 11.6 Å². The van der Waals surface area contributed by atoms with E-state index in [9.17, 15) is 22.8 Å². The zero-order valence-corrected chi connectivity index (χ0v) is 13.0. The molecule has 0 radical (unpaired) electrons. The molecule has 1 heterocycles. The normalized spacial score (nSPS) is 18.0. The molecule has 0 saturated carbocycles. The Balaban J connectivity index is 2.13. The van der Waals surface area contributed by atoms with Gasteiger partial charge in [-0.15, -0.1) is 0 Å². The highest BCUT2D eigenvalue weighted by atomic mass is 35.5. The van der Waals surface area contributed by atoms with Crippen molar-refractivity contribution < 1.29 is 22.8 Å². The van der Waals surface area contributed by atoms with Crippen LogP contribution in [0.3, 0.4) is 0 Å². The number of amides is 3. The number of carbonyl (C=O) groups excluding carboxylic acids is 2. The summed E-state index contributed by atoms with van der Waals surface area (Å²) in [7, 11) is 1.48. The smallest absolute Gasteiger partial charge is 0.357 e. The number of likely N-dealkylation sites (N-methyl/N-ethyl adjacent to an activating group) is 1. The summed E-state index contributed by atoms with van der Waals surface area (Å²) in [5.41, 5.74) is -0.836. The van der Waals surface area contributed by atoms with Crippen LogP contribution >= 0.6 is 11.6 Å². The fraction of sp³-hybridized carbons (Fsp3) is 0.429. The van der Waals surface area contributed by atoms with Crippen molar-refractivity contribution in [2.24, 2.45) is 0 Å². The van der Waals surface area contributed by atoms with Crippen molar-refractivity contribution in [3.8, 4) is 0 Å². The summed E-state index contributed by atoms with van der Waals surface area (Å²) in [6.45, 7) is 0.391. The number of hydrogen-bond donors (Lipinski definition) is 2. The van der Waals surface area contributed by atoms with Gasteiger partial charge in [0.25, 0.3) is 0 Å². The summed E-state index contributed by atoms with van der Waals surface area (Å²) in [5.74, 6) is -0.281. The number of hydrogen-bond acceptors (Lipinski definition) is 2. The third-order valence-electron chi connectivity index (χ3n) is 3.60. The maximum absolute atomic E-state index is 12.6. The first kappa shape index (κ1) is 17.4. The van der Waals surface area contributed by atoms with Crippen molar-refractivity contribution in [1.29, 1.82) is 0 Å². The van der Waals surface area contributed by atoms with Crippen LogP contribution in [0.2, 0.25) is 5.02 Å². The summed E-state index contributed by atoms with van der Waals surface area (Å²) in [4.78, 5) is 25.3. The van der Waals surface area contributed by atoms with Gasteiger partial charge in [-0.25, -0.2) is 4.79 Å². The van der Waals surface area contributed by atoms with Crippen LogP contribution in [0.5, 0.6) is 0 Å². The minimum atomic E-state index is -4.51. The molecular weight excluding hydrogens is 335 g/mol. The highest BCUT2D eigenvalue weighted by Crippen LogP contribution is 2.34. The Morgan fingerprint density at radius 2 is 2.04 bits per heavy atom. The molecule has 0 aliphatic carbocycles. The highest BCUT2D eigenvalue weighted by Gasteiger charge is 2.34. The maximum Gasteiger partial charge on any atom is 0.416 e. The molecule has 0 unspecified atom stereocenters. The minimum absolute atomic E-state index is 0.0622. The quantitative estimate of drug-likeness (QED) is 0.862. The number of rotatable bonds is 2. The van der Waals surface area contributed by atoms with Crippen LogP contribution in [0.1, 0.15) is 18.4 Å². The van der Waals surface area contributed by atoms with E-state index in [1.807, 2.05) is 0 Å². The number of alkyl halides is 3. The molecule has 2 N–H and O–H groups in total. The molecule has 1 aliphatic heterocycles. The van der Waals surface area contributed by atoms with Gasteiger partial charge in [0, 0.05) is 13.6 Å². The number of likely N-dealkylation sites (tertiary alicyclic amines) is 1. The topological polar surface area (TPSA) is 61.4 Å². The van der Waals surface area contributed by atoms with Crippen LogP contribution in [-0.4, -0.2) is 36.5 Å². The number of nitrogens with zero attached hydrogens (tertiary/aromatic N) is 1. The summed E-state index contributed by atoms with van der Waals surface area (Å²) >= 11 is 5.80. The molecule has 1 aliphatic rings. The van der Waals surface area contributed by atoms with Gasteiger partial charge in [0.1, 0.15) is 6.04 Å². The van der Waals surface area contributed by atoms with Gasteiger partial charge in [0.2, 0.25) is 5.91 Å². The Hall–Kier alpha value is -1.96. The van der Waals surface area contributed by atoms with Gasteiger partial charge >= 0.3 is 12.2 Å². The largest absolute Gasteiger partial charge is 0.416 e. The van der Waals surface area contributed by atoms with Gasteiger partial charge in [-0.3, -0.25) is 4.79 Å². The second-order valence-corrected chi connectivity index (χ2v) is 5.50. The monoisotopic (exact) mass is 349 g/mol. The summed E-state index contributed by atoms with van der Waals surface area (Å²) < 4.78 is 37.8. The molecule has 9 heteroatoms. The number of anilines is 1. The van der Waals surface area contributed by atoms with Gasteiger partial charge in [-0.05, 0) is 31.0 Å². The van der Waals surface area contributed by atoms with Crippen molar-refractivity contribution in [3.63, 3.8) is 0 Å². The summed E-state index contributed by atoms with van der Waals surface area (Å²) in [6, 6.07) is 1.51. The minimum Gasteiger partial charge on any atom is -0.357 e. The first-order chi connectivity index (χ1) is 10.7. The lowest BCUT2D eigenvalue weighted by Crippen LogP contribution is -2.46. The second-order valence-electron chi connectivity index (χ2n) is 5.09. The van der Waals surface area contributed by atoms with E-state index in [2.05, 4.69) is 10.6 Å². The van der Waals surface area contributed by atoms with Crippen molar-refractivity contribution >= 4 is 29.2 Å². The average molecular weight is 350 g/mol. The maximum atomic E-state index is 12.6. The Labute approximate surface area is 135 Å². The molecule has 126 valence electrons. The van der Waals surface area contributed by atoms with Crippen LogP contribution in [-0.2, 0) is 11.0 Å². The Morgan fingerprint density at radius 1 is 1.35 bits per heavy atom. The fourth-order valence-electron chi connectivity index (χ4n) is 2.43. The molecule has 23 heavy (non-hydrogen) atoms. The number of benzene rings is 1. The molecular formula is C14H15ClF3N3O2. The lowest BCUT2D eigenvalue weighted by Gasteiger charge is -2.24. The van der Waals surface area contributed by atoms with Crippen LogP contribution in [0, 0.1) is 0 Å². The standard InChI is InChI=1S/C14H15ClF3N3O2/c1-19-12(22)11-3-2-6-21(11)13(23)20-10-5-4-8(7-9(10)15)14(16,17)18/h4-5,7,11H,2-3,6H2,1H3,(H,19,22)(H,20,23)/t11-/m0/s1. The predicted molar refractivity (Wildman–Crippen MR) is 79.3 cm³/mol. The molecule has 1 atom stereocenters. The highest BCUT2D eigenvalue weighted by molar-refractivity contribution is 6.33. The van der Waals surface area contributed by atoms with Gasteiger partial charge in [0.15, 0.2) is 0 Å². The van der Waals surface area contributed by atoms with Crippen molar-refractivity contribution in [2.75, 3.05) is 18.9 Å². The molecule has 1 aromatic carbocycles. The van der Waals surface area contributed by atoms with Crippen LogP contribution in [0.25, 0.3) is 0 Å². The lowest BCUT2D eigenvalue weighted by molar-refractivity contribution is -0.137. The SMILES string of the molecule is CNC(=O)[C@@H]1CCCN1C(=O)Nc1ccc(C(F)(F)F)cc1Cl. The first-order valence-corrected chi connectivity index (χ1v) is 7.28. The summed E-state index contributed by atoms with van der Waals surface area (Å²) in [6.07, 6.45) is -3.30. The van der Waals surface area contributed by atoms with Crippen LogP contribution < -0.4 is 10.6 Å². The Morgan fingerprint density at radius 3 is 2.61 bits per heavy atom. The second kappa shape index (κ2) is 6.66. The van der Waals surface area contributed by atoms with E-state index in [1.165, 1.54) is 11.9 Å². The average Bonchev–Trinajstić information content (AvgIpc) is 2.97. The third kappa shape index (κ3) is 3.87. The Bertz CT molecular complexity index is 622. The van der Waals surface area contributed by atoms with Crippen molar-refractivity contribution in [2.45, 2.75) is 25.1 Å². The molecule has 3 amide bonds. The van der Waals surface area contributed by atoms with E-state index in [-0.39, 0.29) is 16.6 Å². The van der Waals surface area contributed by atoms with Crippen molar-refractivity contribution in [3.05, 3.63) is 28.8 Å². The van der Waals surface area contributed by atoms with Gasteiger partial charge in [-0.2, -0.15) is 13.2 Å². The number of nitrogens with one attached hydrogen (secondary N) is 2. The van der Waals surface area contributed by atoms with E-state index < -0.39 is 23.8 Å². The van der Waals surface area contributed by atoms with E-state index in [4.69, 9.17) is 11.6 Å². The zero-order valence-electron chi connectivity index (χ0n) is 12.2. The van der Waals surface area contributed by atoms with Gasteiger partial charge < -0.3 is 15.5 Å².